The van der Waals surface area contributed by atoms with Crippen molar-refractivity contribution >= 4 is 66.4 Å². The molecule has 0 spiro atoms. The maximum Gasteiger partial charge on any atom is 0.107 e. The molecule has 0 saturated carbocycles. The summed E-state index contributed by atoms with van der Waals surface area (Å²) in [6, 6.07) is 7.29. The normalized spacial score (nSPS) is 12.8. The fourth-order valence-corrected chi connectivity index (χ4v) is 3.79. The average Bonchev–Trinajstić information content (AvgIpc) is 2.62. The van der Waals surface area contributed by atoms with Gasteiger partial charge in [-0.05, 0) is 45.8 Å². The number of benzene rings is 1. The molecule has 0 bridgehead atoms. The van der Waals surface area contributed by atoms with E-state index in [0.29, 0.717) is 9.36 Å². The summed E-state index contributed by atoms with van der Waals surface area (Å²) in [5, 5.41) is 0.654. The Hall–Kier alpha value is 0.420. The van der Waals surface area contributed by atoms with E-state index in [0.717, 1.165) is 19.4 Å². The first-order valence-electron chi connectivity index (χ1n) is 4.64. The van der Waals surface area contributed by atoms with Crippen molar-refractivity contribution in [3.63, 3.8) is 0 Å². The molecule has 0 aliphatic heterocycles. The van der Waals surface area contributed by atoms with Crippen molar-refractivity contribution in [1.82, 2.24) is 0 Å². The molecule has 0 saturated heterocycles. The number of hydrogen-bond acceptors (Lipinski definition) is 2. The number of rotatable bonds is 2. The Morgan fingerprint density at radius 2 is 1.88 bits per heavy atom. The van der Waals surface area contributed by atoms with Crippen molar-refractivity contribution in [2.24, 2.45) is 5.73 Å². The third-order valence-corrected chi connectivity index (χ3v) is 5.66. The molecule has 1 unspecified atom stereocenters. The molecule has 17 heavy (non-hydrogen) atoms. The van der Waals surface area contributed by atoms with Crippen LogP contribution in [0.4, 0.5) is 0 Å². The predicted molar refractivity (Wildman–Crippen MR) is 82.2 cm³/mol. The SMILES string of the molecule is NC(c1cc(Br)c(Cl)s1)c1cc(Br)ccc1Cl. The zero-order valence-corrected chi connectivity index (χ0v) is 13.9. The van der Waals surface area contributed by atoms with Crippen LogP contribution in [0, 0.1) is 0 Å². The van der Waals surface area contributed by atoms with E-state index in [1.54, 1.807) is 0 Å². The summed E-state index contributed by atoms with van der Waals surface area (Å²) in [5.74, 6) is 0. The molecule has 1 atom stereocenters. The minimum Gasteiger partial charge on any atom is -0.320 e. The van der Waals surface area contributed by atoms with E-state index in [4.69, 9.17) is 28.9 Å². The Morgan fingerprint density at radius 1 is 1.18 bits per heavy atom. The number of halogens is 4. The molecule has 0 radical (unpaired) electrons. The molecule has 90 valence electrons. The molecule has 2 N–H and O–H groups in total. The Kier molecular flexibility index (Phi) is 4.55. The highest BCUT2D eigenvalue weighted by Gasteiger charge is 2.16. The quantitative estimate of drug-likeness (QED) is 0.676. The Balaban J connectivity index is 2.42. The van der Waals surface area contributed by atoms with Gasteiger partial charge in [-0.1, -0.05) is 39.1 Å². The smallest absolute Gasteiger partial charge is 0.107 e. The van der Waals surface area contributed by atoms with Gasteiger partial charge in [0.25, 0.3) is 0 Å². The molecule has 1 aromatic heterocycles. The van der Waals surface area contributed by atoms with E-state index < -0.39 is 0 Å². The Labute approximate surface area is 130 Å². The zero-order valence-electron chi connectivity index (χ0n) is 8.38. The van der Waals surface area contributed by atoms with Crippen LogP contribution in [-0.2, 0) is 0 Å². The lowest BCUT2D eigenvalue weighted by molar-refractivity contribution is 0.892. The second kappa shape index (κ2) is 5.59. The molecule has 0 aliphatic rings. The lowest BCUT2D eigenvalue weighted by Crippen LogP contribution is -2.10. The molecule has 0 fully saturated rings. The fourth-order valence-electron chi connectivity index (χ4n) is 1.42. The van der Waals surface area contributed by atoms with Crippen LogP contribution in [-0.4, -0.2) is 0 Å². The first-order chi connectivity index (χ1) is 7.99. The van der Waals surface area contributed by atoms with Gasteiger partial charge in [-0.2, -0.15) is 0 Å². The average molecular weight is 416 g/mol. The number of thiophene rings is 1. The van der Waals surface area contributed by atoms with Crippen molar-refractivity contribution in [2.75, 3.05) is 0 Å². The van der Waals surface area contributed by atoms with E-state index in [1.165, 1.54) is 11.3 Å². The summed E-state index contributed by atoms with van der Waals surface area (Å²) in [7, 11) is 0. The lowest BCUT2D eigenvalue weighted by atomic mass is 10.1. The third kappa shape index (κ3) is 3.06. The van der Waals surface area contributed by atoms with Crippen LogP contribution >= 0.6 is 66.4 Å². The standard InChI is InChI=1S/C11H7Br2Cl2NS/c12-5-1-2-8(14)6(3-5)10(16)9-4-7(13)11(15)17-9/h1-4,10H,16H2. The minimum absolute atomic E-state index is 0.270. The first kappa shape index (κ1) is 13.8. The van der Waals surface area contributed by atoms with E-state index in [-0.39, 0.29) is 6.04 Å². The van der Waals surface area contributed by atoms with Gasteiger partial charge in [0.15, 0.2) is 0 Å². The van der Waals surface area contributed by atoms with E-state index in [2.05, 4.69) is 31.9 Å². The van der Waals surface area contributed by atoms with Gasteiger partial charge < -0.3 is 5.73 Å². The summed E-state index contributed by atoms with van der Waals surface area (Å²) in [4.78, 5) is 0.974. The predicted octanol–water partition coefficient (Wildman–Crippen LogP) is 5.63. The molecule has 2 aromatic rings. The molecule has 1 nitrogen and oxygen atoms in total. The largest absolute Gasteiger partial charge is 0.320 e. The van der Waals surface area contributed by atoms with Crippen molar-refractivity contribution in [3.05, 3.63) is 53.0 Å². The maximum atomic E-state index is 6.19. The molecule has 0 aliphatic carbocycles. The second-order valence-corrected chi connectivity index (χ2v) is 7.28. The lowest BCUT2D eigenvalue weighted by Gasteiger charge is -2.12. The highest BCUT2D eigenvalue weighted by Crippen LogP contribution is 2.38. The highest BCUT2D eigenvalue weighted by atomic mass is 79.9. The monoisotopic (exact) mass is 413 g/mol. The van der Waals surface area contributed by atoms with Gasteiger partial charge in [0.1, 0.15) is 4.34 Å². The molecular formula is C11H7Br2Cl2NS. The fraction of sp³-hybridized carbons (Fsp3) is 0.0909. The topological polar surface area (TPSA) is 26.0 Å². The van der Waals surface area contributed by atoms with Crippen molar-refractivity contribution in [1.29, 1.82) is 0 Å². The Morgan fingerprint density at radius 3 is 2.47 bits per heavy atom. The first-order valence-corrected chi connectivity index (χ1v) is 7.80. The summed E-state index contributed by atoms with van der Waals surface area (Å²) in [5.41, 5.74) is 7.07. The summed E-state index contributed by atoms with van der Waals surface area (Å²) in [6.07, 6.45) is 0. The van der Waals surface area contributed by atoms with Gasteiger partial charge in [0, 0.05) is 18.8 Å². The van der Waals surface area contributed by atoms with Crippen LogP contribution in [0.2, 0.25) is 9.36 Å². The van der Waals surface area contributed by atoms with Gasteiger partial charge in [-0.15, -0.1) is 11.3 Å². The highest BCUT2D eigenvalue weighted by molar-refractivity contribution is 9.10. The molecule has 0 amide bonds. The maximum absolute atomic E-state index is 6.19. The molecular weight excluding hydrogens is 409 g/mol. The van der Waals surface area contributed by atoms with Crippen molar-refractivity contribution in [2.45, 2.75) is 6.04 Å². The van der Waals surface area contributed by atoms with Gasteiger partial charge in [0.05, 0.1) is 6.04 Å². The van der Waals surface area contributed by atoms with E-state index in [9.17, 15) is 0 Å². The van der Waals surface area contributed by atoms with E-state index >= 15 is 0 Å². The molecule has 2 rings (SSSR count). The van der Waals surface area contributed by atoms with Gasteiger partial charge in [-0.25, -0.2) is 0 Å². The third-order valence-electron chi connectivity index (χ3n) is 2.26. The van der Waals surface area contributed by atoms with Crippen LogP contribution in [0.25, 0.3) is 0 Å². The van der Waals surface area contributed by atoms with Gasteiger partial charge in [-0.3, -0.25) is 0 Å². The zero-order chi connectivity index (χ0) is 12.6. The van der Waals surface area contributed by atoms with Crippen molar-refractivity contribution in [3.8, 4) is 0 Å². The van der Waals surface area contributed by atoms with Gasteiger partial charge >= 0.3 is 0 Å². The minimum atomic E-state index is -0.270. The summed E-state index contributed by atoms with van der Waals surface area (Å²) in [6.45, 7) is 0. The number of hydrogen-bond donors (Lipinski definition) is 1. The number of nitrogens with two attached hydrogens (primary N) is 1. The van der Waals surface area contributed by atoms with Crippen LogP contribution in [0.3, 0.4) is 0 Å². The van der Waals surface area contributed by atoms with Crippen LogP contribution in [0.1, 0.15) is 16.5 Å². The molecule has 6 heteroatoms. The Bertz CT molecular complexity index is 537. The molecule has 1 aromatic carbocycles. The van der Waals surface area contributed by atoms with Crippen LogP contribution in [0.15, 0.2) is 33.2 Å². The van der Waals surface area contributed by atoms with Crippen LogP contribution in [0.5, 0.6) is 0 Å². The van der Waals surface area contributed by atoms with Crippen molar-refractivity contribution < 1.29 is 0 Å². The summed E-state index contributed by atoms with van der Waals surface area (Å²) >= 11 is 20.4. The van der Waals surface area contributed by atoms with Crippen LogP contribution < -0.4 is 5.73 Å². The molecule has 1 heterocycles. The second-order valence-electron chi connectivity index (χ2n) is 3.41. The van der Waals surface area contributed by atoms with Gasteiger partial charge in [0.2, 0.25) is 0 Å². The summed E-state index contributed by atoms with van der Waals surface area (Å²) < 4.78 is 2.51. The van der Waals surface area contributed by atoms with E-state index in [1.807, 2.05) is 24.3 Å².